The van der Waals surface area contributed by atoms with E-state index in [0.717, 1.165) is 25.7 Å². The van der Waals surface area contributed by atoms with Crippen LogP contribution in [-0.2, 0) is 13.1 Å². The first kappa shape index (κ1) is 23.0. The van der Waals surface area contributed by atoms with Crippen molar-refractivity contribution in [3.8, 4) is 0 Å². The first-order valence-corrected chi connectivity index (χ1v) is 12.0. The Kier molecular flexibility index (Phi) is 6.00. The molecule has 2 heterocycles. The summed E-state index contributed by atoms with van der Waals surface area (Å²) in [6.45, 7) is 4.38. The second-order valence-corrected chi connectivity index (χ2v) is 9.70. The van der Waals surface area contributed by atoms with Crippen LogP contribution in [0.15, 0.2) is 52.1 Å². The number of hydrogen-bond acceptors (Lipinski definition) is 4. The lowest BCUT2D eigenvalue weighted by molar-refractivity contribution is 0.0938. The number of halogens is 1. The zero-order valence-electron chi connectivity index (χ0n) is 19.8. The third kappa shape index (κ3) is 4.38. The molecule has 8 nitrogen and oxygen atoms in total. The highest BCUT2D eigenvalue weighted by Gasteiger charge is 2.21. The second kappa shape index (κ2) is 9.13. The zero-order valence-corrected chi connectivity index (χ0v) is 19.8. The third-order valence-electron chi connectivity index (χ3n) is 6.50. The number of fused-ring (bicyclic) bond motifs is 3. The number of nitrogens with one attached hydrogen (secondary N) is 1. The van der Waals surface area contributed by atoms with Crippen molar-refractivity contribution >= 4 is 22.6 Å². The van der Waals surface area contributed by atoms with Crippen molar-refractivity contribution in [2.75, 3.05) is 0 Å². The molecule has 0 bridgehead atoms. The fraction of sp³-hybridized carbons (Fsp3) is 0.385. The van der Waals surface area contributed by atoms with Crippen molar-refractivity contribution in [1.82, 2.24) is 24.1 Å². The Morgan fingerprint density at radius 1 is 1.14 bits per heavy atom. The van der Waals surface area contributed by atoms with Crippen LogP contribution in [0.5, 0.6) is 0 Å². The Hall–Kier alpha value is -3.75. The van der Waals surface area contributed by atoms with Crippen LogP contribution in [-0.4, -0.2) is 30.7 Å². The third-order valence-corrected chi connectivity index (χ3v) is 6.50. The molecule has 5 rings (SSSR count). The molecule has 0 unspecified atom stereocenters. The molecule has 0 saturated heterocycles. The topological polar surface area (TPSA) is 90.4 Å². The molecule has 1 saturated carbocycles. The summed E-state index contributed by atoms with van der Waals surface area (Å²) in [5.41, 5.74) is 0.567. The van der Waals surface area contributed by atoms with Crippen molar-refractivity contribution < 1.29 is 9.18 Å². The van der Waals surface area contributed by atoms with E-state index in [-0.39, 0.29) is 35.7 Å². The molecule has 0 aliphatic heterocycles. The van der Waals surface area contributed by atoms with E-state index < -0.39 is 11.5 Å². The highest BCUT2D eigenvalue weighted by Crippen LogP contribution is 2.20. The molecule has 1 fully saturated rings. The minimum atomic E-state index is -0.458. The van der Waals surface area contributed by atoms with E-state index in [4.69, 9.17) is 0 Å². The van der Waals surface area contributed by atoms with E-state index in [1.54, 1.807) is 30.3 Å². The number of nitrogens with zero attached hydrogens (tertiary/aromatic N) is 4. The number of hydrogen-bond donors (Lipinski definition) is 1. The number of carbonyl (C=O) groups is 1. The van der Waals surface area contributed by atoms with E-state index in [0.29, 0.717) is 28.6 Å². The van der Waals surface area contributed by atoms with Crippen LogP contribution < -0.4 is 16.6 Å². The minimum absolute atomic E-state index is 0.0531. The molecule has 0 radical (unpaired) electrons. The summed E-state index contributed by atoms with van der Waals surface area (Å²) in [4.78, 5) is 39.8. The van der Waals surface area contributed by atoms with Crippen LogP contribution in [0.3, 0.4) is 0 Å². The molecule has 2 aromatic carbocycles. The molecule has 9 heteroatoms. The van der Waals surface area contributed by atoms with E-state index >= 15 is 0 Å². The predicted molar refractivity (Wildman–Crippen MR) is 131 cm³/mol. The fourth-order valence-electron chi connectivity index (χ4n) is 4.84. The maximum absolute atomic E-state index is 13.7. The Morgan fingerprint density at radius 2 is 1.91 bits per heavy atom. The monoisotopic (exact) mass is 477 g/mol. The van der Waals surface area contributed by atoms with Crippen molar-refractivity contribution in [1.29, 1.82) is 0 Å². The minimum Gasteiger partial charge on any atom is -0.349 e. The Bertz CT molecular complexity index is 1540. The molecule has 1 aliphatic carbocycles. The Morgan fingerprint density at radius 3 is 2.63 bits per heavy atom. The molecule has 182 valence electrons. The number of carbonyl (C=O) groups excluding carboxylic acids is 1. The van der Waals surface area contributed by atoms with Gasteiger partial charge in [-0.3, -0.25) is 14.2 Å². The average Bonchev–Trinajstić information content (AvgIpc) is 3.44. The summed E-state index contributed by atoms with van der Waals surface area (Å²) >= 11 is 0. The van der Waals surface area contributed by atoms with E-state index in [1.807, 2.05) is 13.8 Å². The van der Waals surface area contributed by atoms with E-state index in [2.05, 4.69) is 10.4 Å². The summed E-state index contributed by atoms with van der Waals surface area (Å²) < 4.78 is 17.8. The predicted octanol–water partition coefficient (Wildman–Crippen LogP) is 3.33. The van der Waals surface area contributed by atoms with Gasteiger partial charge in [0.1, 0.15) is 5.82 Å². The van der Waals surface area contributed by atoms with Gasteiger partial charge in [-0.15, -0.1) is 5.10 Å². The fourth-order valence-corrected chi connectivity index (χ4v) is 4.84. The standard InChI is InChI=1S/C26H28FN5O3/c1-16(2)14-30-24(34)21-11-10-18(23(33)28-20-8-3-4-9-20)13-22(21)32-25(30)29-31(26(32)35)15-17-6-5-7-19(27)12-17/h5-7,10-13,16,20H,3-4,8-9,14-15H2,1-2H3,(H,28,33). The smallest absolute Gasteiger partial charge is 0.349 e. The molecular formula is C26H28FN5O3. The molecule has 4 aromatic rings. The van der Waals surface area contributed by atoms with E-state index in [1.165, 1.54) is 25.8 Å². The lowest BCUT2D eigenvalue weighted by atomic mass is 10.1. The van der Waals surface area contributed by atoms with Crippen molar-refractivity contribution in [3.63, 3.8) is 0 Å². The van der Waals surface area contributed by atoms with Gasteiger partial charge in [0.25, 0.3) is 11.5 Å². The Labute approximate surface area is 201 Å². The van der Waals surface area contributed by atoms with Gasteiger partial charge in [0.05, 0.1) is 17.4 Å². The molecule has 1 N–H and O–H groups in total. The first-order valence-electron chi connectivity index (χ1n) is 12.0. The van der Waals surface area contributed by atoms with Gasteiger partial charge in [-0.1, -0.05) is 38.8 Å². The summed E-state index contributed by atoms with van der Waals surface area (Å²) in [6, 6.07) is 10.9. The van der Waals surface area contributed by atoms with Crippen LogP contribution >= 0.6 is 0 Å². The normalized spacial score (nSPS) is 14.4. The number of aromatic nitrogens is 4. The van der Waals surface area contributed by atoms with Gasteiger partial charge in [0, 0.05) is 18.2 Å². The zero-order chi connectivity index (χ0) is 24.7. The van der Waals surface area contributed by atoms with Crippen molar-refractivity contribution in [2.24, 2.45) is 5.92 Å². The quantitative estimate of drug-likeness (QED) is 0.461. The molecule has 35 heavy (non-hydrogen) atoms. The van der Waals surface area contributed by atoms with Crippen LogP contribution in [0, 0.1) is 11.7 Å². The lowest BCUT2D eigenvalue weighted by Crippen LogP contribution is -2.33. The van der Waals surface area contributed by atoms with Crippen LogP contribution in [0.25, 0.3) is 16.7 Å². The van der Waals surface area contributed by atoms with Crippen molar-refractivity contribution in [2.45, 2.75) is 58.7 Å². The average molecular weight is 478 g/mol. The number of amides is 1. The van der Waals surface area contributed by atoms with Gasteiger partial charge < -0.3 is 5.32 Å². The highest BCUT2D eigenvalue weighted by molar-refractivity contribution is 5.98. The first-order chi connectivity index (χ1) is 16.8. The molecular weight excluding hydrogens is 449 g/mol. The maximum Gasteiger partial charge on any atom is 0.352 e. The molecule has 1 aliphatic rings. The van der Waals surface area contributed by atoms with Gasteiger partial charge in [-0.25, -0.2) is 18.3 Å². The SMILES string of the molecule is CC(C)Cn1c(=O)c2ccc(C(=O)NC3CCCC3)cc2n2c(=O)n(Cc3cccc(F)c3)nc12. The van der Waals surface area contributed by atoms with Gasteiger partial charge in [-0.2, -0.15) is 0 Å². The highest BCUT2D eigenvalue weighted by atomic mass is 19.1. The van der Waals surface area contributed by atoms with Crippen molar-refractivity contribution in [3.05, 3.63) is 80.2 Å². The van der Waals surface area contributed by atoms with Gasteiger partial charge in [0.2, 0.25) is 5.78 Å². The van der Waals surface area contributed by atoms with Crippen LogP contribution in [0.2, 0.25) is 0 Å². The molecule has 1 amide bonds. The molecule has 0 spiro atoms. The number of rotatable bonds is 6. The van der Waals surface area contributed by atoms with Gasteiger partial charge in [0.15, 0.2) is 0 Å². The largest absolute Gasteiger partial charge is 0.352 e. The summed E-state index contributed by atoms with van der Waals surface area (Å²) in [7, 11) is 0. The van der Waals surface area contributed by atoms with Crippen LogP contribution in [0.1, 0.15) is 55.5 Å². The molecule has 0 atom stereocenters. The number of benzene rings is 2. The summed E-state index contributed by atoms with van der Waals surface area (Å²) in [5.74, 6) is -0.294. The van der Waals surface area contributed by atoms with Crippen LogP contribution in [0.4, 0.5) is 4.39 Å². The van der Waals surface area contributed by atoms with Gasteiger partial charge >= 0.3 is 5.69 Å². The lowest BCUT2D eigenvalue weighted by Gasteiger charge is -2.14. The second-order valence-electron chi connectivity index (χ2n) is 9.70. The van der Waals surface area contributed by atoms with Gasteiger partial charge in [-0.05, 0) is 54.7 Å². The Balaban J connectivity index is 1.68. The summed E-state index contributed by atoms with van der Waals surface area (Å²) in [5, 5.41) is 7.85. The van der Waals surface area contributed by atoms with E-state index in [9.17, 15) is 18.8 Å². The summed E-state index contributed by atoms with van der Waals surface area (Å²) in [6.07, 6.45) is 4.10. The maximum atomic E-state index is 13.7. The molecule has 2 aromatic heterocycles.